The molecule has 0 heterocycles. The molecule has 0 atom stereocenters. The highest BCUT2D eigenvalue weighted by Crippen LogP contribution is 2.40. The van der Waals surface area contributed by atoms with Crippen LogP contribution in [0.4, 0.5) is 13.2 Å². The molecule has 5 heteroatoms. The van der Waals surface area contributed by atoms with E-state index in [0.29, 0.717) is 19.4 Å². The molecule has 1 aliphatic rings. The van der Waals surface area contributed by atoms with Gasteiger partial charge in [0.15, 0.2) is 0 Å². The maximum atomic E-state index is 12.5. The quantitative estimate of drug-likeness (QED) is 0.792. The van der Waals surface area contributed by atoms with Crippen molar-refractivity contribution < 1.29 is 13.2 Å². The Bertz CT molecular complexity index is 218. The molecule has 1 rings (SSSR count). The van der Waals surface area contributed by atoms with E-state index in [1.54, 1.807) is 0 Å². The summed E-state index contributed by atoms with van der Waals surface area (Å²) in [5.41, 5.74) is 5.42. The van der Waals surface area contributed by atoms with Gasteiger partial charge in [-0.1, -0.05) is 13.8 Å². The highest BCUT2D eigenvalue weighted by atomic mass is 19.4. The van der Waals surface area contributed by atoms with Crippen molar-refractivity contribution in [2.24, 2.45) is 11.7 Å². The van der Waals surface area contributed by atoms with E-state index in [-0.39, 0.29) is 24.4 Å². The number of alkyl halides is 3. The maximum Gasteiger partial charge on any atom is 0.391 e. The Labute approximate surface area is 94.8 Å². The fourth-order valence-corrected chi connectivity index (χ4v) is 2.52. The normalized spacial score (nSPS) is 32.1. The molecule has 0 radical (unpaired) electrons. The molecule has 0 spiro atoms. The zero-order valence-corrected chi connectivity index (χ0v) is 9.90. The van der Waals surface area contributed by atoms with Gasteiger partial charge in [-0.15, -0.1) is 0 Å². The lowest BCUT2D eigenvalue weighted by Gasteiger charge is -2.42. The van der Waals surface area contributed by atoms with Crippen LogP contribution in [-0.4, -0.2) is 24.3 Å². The Kier molecular flexibility index (Phi) is 4.23. The molecule has 0 bridgehead atoms. The van der Waals surface area contributed by atoms with Crippen LogP contribution in [0.2, 0.25) is 0 Å². The largest absolute Gasteiger partial charge is 0.391 e. The van der Waals surface area contributed by atoms with E-state index in [2.05, 4.69) is 5.32 Å². The second-order valence-corrected chi connectivity index (χ2v) is 5.10. The molecule has 96 valence electrons. The van der Waals surface area contributed by atoms with Crippen molar-refractivity contribution in [1.29, 1.82) is 0 Å². The minimum Gasteiger partial charge on any atom is -0.329 e. The highest BCUT2D eigenvalue weighted by Gasteiger charge is 2.45. The highest BCUT2D eigenvalue weighted by molar-refractivity contribution is 4.95. The molecule has 0 aliphatic heterocycles. The molecule has 0 aromatic heterocycles. The van der Waals surface area contributed by atoms with Crippen LogP contribution in [-0.2, 0) is 0 Å². The van der Waals surface area contributed by atoms with Crippen LogP contribution in [0.25, 0.3) is 0 Å². The van der Waals surface area contributed by atoms with Crippen LogP contribution in [0, 0.1) is 5.92 Å². The summed E-state index contributed by atoms with van der Waals surface area (Å²) in [6.07, 6.45) is -2.61. The molecule has 0 aromatic carbocycles. The number of hydrogen-bond acceptors (Lipinski definition) is 2. The zero-order chi connectivity index (χ0) is 12.4. The summed E-state index contributed by atoms with van der Waals surface area (Å²) in [5.74, 6) is -1.14. The van der Waals surface area contributed by atoms with Crippen molar-refractivity contribution in [3.63, 3.8) is 0 Å². The zero-order valence-electron chi connectivity index (χ0n) is 9.90. The van der Waals surface area contributed by atoms with Crippen molar-refractivity contribution in [3.8, 4) is 0 Å². The van der Waals surface area contributed by atoms with E-state index >= 15 is 0 Å². The molecule has 0 aromatic rings. The van der Waals surface area contributed by atoms with Crippen molar-refractivity contribution in [2.45, 2.75) is 57.3 Å². The molecule has 0 amide bonds. The topological polar surface area (TPSA) is 38.0 Å². The van der Waals surface area contributed by atoms with Crippen molar-refractivity contribution in [3.05, 3.63) is 0 Å². The predicted octanol–water partition coefficient (Wildman–Crippen LogP) is 2.43. The van der Waals surface area contributed by atoms with Gasteiger partial charge in [0, 0.05) is 18.1 Å². The summed E-state index contributed by atoms with van der Waals surface area (Å²) in [6, 6.07) is 0.256. The molecule has 1 saturated carbocycles. The molecular weight excluding hydrogens is 217 g/mol. The number of rotatable bonds is 3. The van der Waals surface area contributed by atoms with E-state index in [0.717, 1.165) is 0 Å². The van der Waals surface area contributed by atoms with Gasteiger partial charge in [0.1, 0.15) is 0 Å². The Balaban J connectivity index is 2.57. The van der Waals surface area contributed by atoms with Gasteiger partial charge in [-0.05, 0) is 25.7 Å². The molecule has 0 unspecified atom stereocenters. The minimum absolute atomic E-state index is 0.195. The van der Waals surface area contributed by atoms with Gasteiger partial charge < -0.3 is 11.1 Å². The third kappa shape index (κ3) is 3.35. The van der Waals surface area contributed by atoms with E-state index in [1.165, 1.54) is 0 Å². The third-order valence-electron chi connectivity index (χ3n) is 3.39. The maximum absolute atomic E-state index is 12.5. The van der Waals surface area contributed by atoms with E-state index < -0.39 is 12.1 Å². The second-order valence-electron chi connectivity index (χ2n) is 5.10. The average molecular weight is 238 g/mol. The number of nitrogens with one attached hydrogen (secondary N) is 1. The lowest BCUT2D eigenvalue weighted by molar-refractivity contribution is -0.185. The van der Waals surface area contributed by atoms with Crippen LogP contribution >= 0.6 is 0 Å². The SMILES string of the molecule is CC(C)NC1(CN)CCC(C(F)(F)F)CC1. The van der Waals surface area contributed by atoms with E-state index in [1.807, 2.05) is 13.8 Å². The first-order chi connectivity index (χ1) is 7.29. The number of halogens is 3. The lowest BCUT2D eigenvalue weighted by atomic mass is 9.76. The summed E-state index contributed by atoms with van der Waals surface area (Å²) >= 11 is 0. The van der Waals surface area contributed by atoms with Crippen LogP contribution in [0.15, 0.2) is 0 Å². The van der Waals surface area contributed by atoms with Crippen LogP contribution in [0.5, 0.6) is 0 Å². The summed E-state index contributed by atoms with van der Waals surface area (Å²) in [6.45, 7) is 4.40. The number of nitrogens with two attached hydrogens (primary N) is 1. The van der Waals surface area contributed by atoms with Gasteiger partial charge in [0.25, 0.3) is 0 Å². The van der Waals surface area contributed by atoms with Gasteiger partial charge >= 0.3 is 6.18 Å². The standard InChI is InChI=1S/C11H21F3N2/c1-8(2)16-10(7-15)5-3-9(4-6-10)11(12,13)14/h8-9,16H,3-7,15H2,1-2H3. The smallest absolute Gasteiger partial charge is 0.329 e. The fourth-order valence-electron chi connectivity index (χ4n) is 2.52. The molecule has 1 aliphatic carbocycles. The van der Waals surface area contributed by atoms with Crippen LogP contribution < -0.4 is 11.1 Å². The first-order valence-corrected chi connectivity index (χ1v) is 5.83. The molecule has 1 fully saturated rings. The monoisotopic (exact) mass is 238 g/mol. The molecule has 0 saturated heterocycles. The summed E-state index contributed by atoms with van der Waals surface area (Å²) in [4.78, 5) is 0. The van der Waals surface area contributed by atoms with Gasteiger partial charge in [-0.2, -0.15) is 13.2 Å². The average Bonchev–Trinajstić information content (AvgIpc) is 2.16. The van der Waals surface area contributed by atoms with Gasteiger partial charge in [0.2, 0.25) is 0 Å². The first-order valence-electron chi connectivity index (χ1n) is 5.83. The van der Waals surface area contributed by atoms with Gasteiger partial charge in [-0.25, -0.2) is 0 Å². The third-order valence-corrected chi connectivity index (χ3v) is 3.39. The fraction of sp³-hybridized carbons (Fsp3) is 1.00. The van der Waals surface area contributed by atoms with Gasteiger partial charge in [-0.3, -0.25) is 0 Å². The van der Waals surface area contributed by atoms with Crippen molar-refractivity contribution in [1.82, 2.24) is 5.32 Å². The van der Waals surface area contributed by atoms with Crippen molar-refractivity contribution in [2.75, 3.05) is 6.54 Å². The van der Waals surface area contributed by atoms with E-state index in [9.17, 15) is 13.2 Å². The van der Waals surface area contributed by atoms with Crippen LogP contribution in [0.3, 0.4) is 0 Å². The molecule has 3 N–H and O–H groups in total. The summed E-state index contributed by atoms with van der Waals surface area (Å²) in [7, 11) is 0. The number of hydrogen-bond donors (Lipinski definition) is 2. The van der Waals surface area contributed by atoms with Crippen molar-refractivity contribution >= 4 is 0 Å². The first kappa shape index (κ1) is 13.8. The molecule has 2 nitrogen and oxygen atoms in total. The predicted molar refractivity (Wildman–Crippen MR) is 58.1 cm³/mol. The van der Waals surface area contributed by atoms with E-state index in [4.69, 9.17) is 5.73 Å². The Morgan fingerprint density at radius 1 is 1.31 bits per heavy atom. The summed E-state index contributed by atoms with van der Waals surface area (Å²) in [5, 5.41) is 3.32. The summed E-state index contributed by atoms with van der Waals surface area (Å²) < 4.78 is 37.5. The molecular formula is C11H21F3N2. The second kappa shape index (κ2) is 4.92. The Morgan fingerprint density at radius 2 is 1.81 bits per heavy atom. The Hall–Kier alpha value is -0.290. The van der Waals surface area contributed by atoms with Crippen LogP contribution in [0.1, 0.15) is 39.5 Å². The Morgan fingerprint density at radius 3 is 2.12 bits per heavy atom. The molecule has 16 heavy (non-hydrogen) atoms. The minimum atomic E-state index is -4.04. The van der Waals surface area contributed by atoms with Gasteiger partial charge in [0.05, 0.1) is 5.92 Å². The lowest BCUT2D eigenvalue weighted by Crippen LogP contribution is -2.56.